The van der Waals surface area contributed by atoms with Gasteiger partial charge in [-0.25, -0.2) is 4.79 Å². The summed E-state index contributed by atoms with van der Waals surface area (Å²) in [4.78, 5) is 40.9. The van der Waals surface area contributed by atoms with Crippen LogP contribution in [0.1, 0.15) is 24.0 Å². The molecule has 3 aliphatic heterocycles. The minimum atomic E-state index is -0.357. The number of rotatable bonds is 6. The Labute approximate surface area is 164 Å². The first-order valence-corrected chi connectivity index (χ1v) is 9.93. The molecule has 150 valence electrons. The van der Waals surface area contributed by atoms with Crippen molar-refractivity contribution in [3.63, 3.8) is 0 Å². The number of urea groups is 1. The number of hydrogen-bond acceptors (Lipinski definition) is 5. The van der Waals surface area contributed by atoms with E-state index in [2.05, 4.69) is 28.4 Å². The molecule has 0 atom stereocenters. The Morgan fingerprint density at radius 3 is 2.71 bits per heavy atom. The van der Waals surface area contributed by atoms with Gasteiger partial charge >= 0.3 is 6.03 Å². The van der Waals surface area contributed by atoms with E-state index >= 15 is 0 Å². The summed E-state index contributed by atoms with van der Waals surface area (Å²) in [7, 11) is 0. The number of benzene rings is 1. The van der Waals surface area contributed by atoms with Crippen molar-refractivity contribution in [1.29, 1.82) is 0 Å². The first-order valence-electron chi connectivity index (χ1n) is 9.93. The molecule has 2 fully saturated rings. The third kappa shape index (κ3) is 4.11. The highest BCUT2D eigenvalue weighted by molar-refractivity contribution is 6.01. The predicted molar refractivity (Wildman–Crippen MR) is 102 cm³/mol. The lowest BCUT2D eigenvalue weighted by atomic mass is 10.1. The van der Waals surface area contributed by atoms with Gasteiger partial charge in [-0.15, -0.1) is 0 Å². The van der Waals surface area contributed by atoms with Crippen molar-refractivity contribution in [2.45, 2.75) is 25.8 Å². The van der Waals surface area contributed by atoms with Gasteiger partial charge in [0, 0.05) is 52.1 Å². The third-order valence-electron chi connectivity index (χ3n) is 5.59. The van der Waals surface area contributed by atoms with E-state index in [-0.39, 0.29) is 24.4 Å². The summed E-state index contributed by atoms with van der Waals surface area (Å²) in [6.07, 6.45) is 1.85. The van der Waals surface area contributed by atoms with E-state index in [1.807, 2.05) is 4.90 Å². The molecule has 0 unspecified atom stereocenters. The molecule has 1 aromatic rings. The summed E-state index contributed by atoms with van der Waals surface area (Å²) < 4.78 is 5.56. The predicted octanol–water partition coefficient (Wildman–Crippen LogP) is 0.598. The third-order valence-corrected chi connectivity index (χ3v) is 5.59. The molecule has 3 heterocycles. The van der Waals surface area contributed by atoms with Gasteiger partial charge < -0.3 is 15.0 Å². The maximum Gasteiger partial charge on any atom is 0.324 e. The van der Waals surface area contributed by atoms with E-state index in [1.54, 1.807) is 0 Å². The highest BCUT2D eigenvalue weighted by Crippen LogP contribution is 2.26. The standard InChI is InChI=1S/C20H26N4O4/c25-18(2-1-6-24-19(26)13-21-20(24)27)23-9-7-22(8-10-23)14-15-3-4-17-16(12-15)5-11-28-17/h3-4,12H,1-2,5-11,13-14H2,(H,21,27). The van der Waals surface area contributed by atoms with Crippen molar-refractivity contribution < 1.29 is 19.1 Å². The van der Waals surface area contributed by atoms with E-state index in [0.717, 1.165) is 51.5 Å². The summed E-state index contributed by atoms with van der Waals surface area (Å²) in [5.41, 5.74) is 2.58. The molecule has 0 spiro atoms. The number of piperazine rings is 1. The largest absolute Gasteiger partial charge is 0.493 e. The molecule has 8 nitrogen and oxygen atoms in total. The van der Waals surface area contributed by atoms with Gasteiger partial charge in [0.25, 0.3) is 0 Å². The molecular weight excluding hydrogens is 360 g/mol. The highest BCUT2D eigenvalue weighted by atomic mass is 16.5. The van der Waals surface area contributed by atoms with Gasteiger partial charge in [-0.2, -0.15) is 0 Å². The average molecular weight is 386 g/mol. The second-order valence-corrected chi connectivity index (χ2v) is 7.51. The second kappa shape index (κ2) is 8.18. The summed E-state index contributed by atoms with van der Waals surface area (Å²) in [6.45, 7) is 5.17. The van der Waals surface area contributed by atoms with Crippen LogP contribution in [-0.2, 0) is 22.6 Å². The van der Waals surface area contributed by atoms with E-state index in [0.29, 0.717) is 19.4 Å². The fourth-order valence-electron chi connectivity index (χ4n) is 3.98. The lowest BCUT2D eigenvalue weighted by Gasteiger charge is -2.35. The van der Waals surface area contributed by atoms with Crippen molar-refractivity contribution >= 4 is 17.8 Å². The van der Waals surface area contributed by atoms with Gasteiger partial charge in [-0.05, 0) is 23.6 Å². The molecule has 0 radical (unpaired) electrons. The van der Waals surface area contributed by atoms with Crippen LogP contribution in [0, 0.1) is 0 Å². The van der Waals surface area contributed by atoms with Gasteiger partial charge in [0.05, 0.1) is 13.2 Å². The van der Waals surface area contributed by atoms with Gasteiger partial charge in [0.15, 0.2) is 0 Å². The number of carbonyl (C=O) groups excluding carboxylic acids is 3. The lowest BCUT2D eigenvalue weighted by Crippen LogP contribution is -2.48. The van der Waals surface area contributed by atoms with Crippen molar-refractivity contribution in [2.24, 2.45) is 0 Å². The van der Waals surface area contributed by atoms with Crippen LogP contribution in [-0.4, -0.2) is 78.4 Å². The van der Waals surface area contributed by atoms with E-state index in [9.17, 15) is 14.4 Å². The SMILES string of the molecule is O=C(CCCN1C(=O)CNC1=O)N1CCN(Cc2ccc3c(c2)CCO3)CC1. The molecule has 0 aliphatic carbocycles. The number of hydrogen-bond donors (Lipinski definition) is 1. The van der Waals surface area contributed by atoms with Crippen LogP contribution in [0.2, 0.25) is 0 Å². The Morgan fingerprint density at radius 1 is 1.14 bits per heavy atom. The number of nitrogens with zero attached hydrogens (tertiary/aromatic N) is 3. The molecule has 0 saturated carbocycles. The number of carbonyl (C=O) groups is 3. The fraction of sp³-hybridized carbons (Fsp3) is 0.550. The Hall–Kier alpha value is -2.61. The molecule has 8 heteroatoms. The lowest BCUT2D eigenvalue weighted by molar-refractivity contribution is -0.133. The smallest absolute Gasteiger partial charge is 0.324 e. The first-order chi connectivity index (χ1) is 13.6. The van der Waals surface area contributed by atoms with Crippen molar-refractivity contribution in [1.82, 2.24) is 20.0 Å². The van der Waals surface area contributed by atoms with Crippen molar-refractivity contribution in [3.05, 3.63) is 29.3 Å². The van der Waals surface area contributed by atoms with Crippen LogP contribution in [0.3, 0.4) is 0 Å². The number of imide groups is 1. The number of fused-ring (bicyclic) bond motifs is 1. The molecule has 3 aliphatic rings. The van der Waals surface area contributed by atoms with Gasteiger partial charge in [-0.1, -0.05) is 12.1 Å². The molecule has 28 heavy (non-hydrogen) atoms. The zero-order valence-electron chi connectivity index (χ0n) is 16.0. The van der Waals surface area contributed by atoms with Crippen LogP contribution in [0.5, 0.6) is 5.75 Å². The van der Waals surface area contributed by atoms with Crippen molar-refractivity contribution in [2.75, 3.05) is 45.9 Å². The number of ether oxygens (including phenoxy) is 1. The highest BCUT2D eigenvalue weighted by Gasteiger charge is 2.28. The maximum absolute atomic E-state index is 12.4. The summed E-state index contributed by atoms with van der Waals surface area (Å²) >= 11 is 0. The topological polar surface area (TPSA) is 82.2 Å². The first kappa shape index (κ1) is 18.7. The molecule has 0 aromatic heterocycles. The van der Waals surface area contributed by atoms with Gasteiger partial charge in [0.2, 0.25) is 11.8 Å². The average Bonchev–Trinajstić information content (AvgIpc) is 3.29. The summed E-state index contributed by atoms with van der Waals surface area (Å²) in [5, 5.41) is 2.49. The Kier molecular flexibility index (Phi) is 5.47. The van der Waals surface area contributed by atoms with Crippen LogP contribution < -0.4 is 10.1 Å². The number of amides is 4. The molecule has 4 amide bonds. The molecule has 2 saturated heterocycles. The van der Waals surface area contributed by atoms with E-state index in [4.69, 9.17) is 4.74 Å². The zero-order chi connectivity index (χ0) is 19.5. The molecule has 1 aromatic carbocycles. The second-order valence-electron chi connectivity index (χ2n) is 7.51. The Bertz CT molecular complexity index is 757. The van der Waals surface area contributed by atoms with E-state index < -0.39 is 0 Å². The van der Waals surface area contributed by atoms with Gasteiger partial charge in [-0.3, -0.25) is 19.4 Å². The van der Waals surface area contributed by atoms with E-state index in [1.165, 1.54) is 16.0 Å². The van der Waals surface area contributed by atoms with Crippen LogP contribution in [0.15, 0.2) is 18.2 Å². The van der Waals surface area contributed by atoms with Crippen molar-refractivity contribution in [3.8, 4) is 5.75 Å². The molecular formula is C20H26N4O4. The maximum atomic E-state index is 12.4. The Balaban J connectivity index is 1.19. The summed E-state index contributed by atoms with van der Waals surface area (Å²) in [6, 6.07) is 6.06. The Morgan fingerprint density at radius 2 is 1.96 bits per heavy atom. The minimum absolute atomic E-state index is 0.0615. The van der Waals surface area contributed by atoms with Crippen LogP contribution in [0.4, 0.5) is 4.79 Å². The van der Waals surface area contributed by atoms with Gasteiger partial charge in [0.1, 0.15) is 5.75 Å². The molecule has 1 N–H and O–H groups in total. The number of nitrogens with one attached hydrogen (secondary N) is 1. The minimum Gasteiger partial charge on any atom is -0.493 e. The summed E-state index contributed by atoms with van der Waals surface area (Å²) in [5.74, 6) is 0.887. The zero-order valence-corrected chi connectivity index (χ0v) is 16.0. The van der Waals surface area contributed by atoms with Crippen LogP contribution in [0.25, 0.3) is 0 Å². The normalized spacial score (nSPS) is 19.6. The molecule has 4 rings (SSSR count). The quantitative estimate of drug-likeness (QED) is 0.724. The monoisotopic (exact) mass is 386 g/mol. The fourth-order valence-corrected chi connectivity index (χ4v) is 3.98. The van der Waals surface area contributed by atoms with Crippen LogP contribution >= 0.6 is 0 Å². The molecule has 0 bridgehead atoms.